The lowest BCUT2D eigenvalue weighted by Gasteiger charge is -2.27. The number of anilines is 1. The second kappa shape index (κ2) is 11.0. The molecule has 190 valence electrons. The number of nitrogens with one attached hydrogen (secondary N) is 1. The zero-order chi connectivity index (χ0) is 25.9. The standard InChI is InChI=1S/C27H30FN3O3S2/c1-4-34-24-14-19(8-9-26(24)36(3,32)33)12-18(2)30-27-22(15-29)23-17-31(11-10-25(23)35-27)16-20-6-5-7-21(28)13-20/h5-9,13-14,18,30H,4,10-12,16-17H2,1-3H3. The lowest BCUT2D eigenvalue weighted by molar-refractivity contribution is 0.247. The maximum absolute atomic E-state index is 13.6. The molecular formula is C27H30FN3O3S2. The van der Waals surface area contributed by atoms with E-state index in [-0.39, 0.29) is 16.8 Å². The fourth-order valence-corrected chi connectivity index (χ4v) is 6.63. The van der Waals surface area contributed by atoms with Gasteiger partial charge in [-0.3, -0.25) is 4.90 Å². The van der Waals surface area contributed by atoms with Gasteiger partial charge in [-0.25, -0.2) is 12.8 Å². The van der Waals surface area contributed by atoms with Crippen LogP contribution >= 0.6 is 11.3 Å². The molecule has 1 N–H and O–H groups in total. The molecule has 0 aliphatic carbocycles. The Balaban J connectivity index is 1.47. The van der Waals surface area contributed by atoms with E-state index < -0.39 is 9.84 Å². The minimum absolute atomic E-state index is 0.0131. The molecule has 1 atom stereocenters. The second-order valence-corrected chi connectivity index (χ2v) is 12.2. The first kappa shape index (κ1) is 26.1. The van der Waals surface area contributed by atoms with Crippen molar-refractivity contribution in [1.29, 1.82) is 5.26 Å². The van der Waals surface area contributed by atoms with Crippen LogP contribution in [0.3, 0.4) is 0 Å². The fraction of sp³-hybridized carbons (Fsp3) is 0.370. The highest BCUT2D eigenvalue weighted by atomic mass is 32.2. The van der Waals surface area contributed by atoms with Gasteiger partial charge in [0, 0.05) is 42.4 Å². The Morgan fingerprint density at radius 1 is 1.25 bits per heavy atom. The molecule has 2 heterocycles. The zero-order valence-corrected chi connectivity index (χ0v) is 22.3. The topological polar surface area (TPSA) is 82.4 Å². The SMILES string of the molecule is CCOc1cc(CC(C)Nc2sc3c(c2C#N)CN(Cc2cccc(F)c2)CC3)ccc1S(C)(=O)=O. The fourth-order valence-electron chi connectivity index (χ4n) is 4.57. The number of nitriles is 1. The zero-order valence-electron chi connectivity index (χ0n) is 20.7. The normalized spacial score (nSPS) is 14.6. The molecular weight excluding hydrogens is 497 g/mol. The van der Waals surface area contributed by atoms with Gasteiger partial charge in [0.1, 0.15) is 27.5 Å². The number of thiophene rings is 1. The maximum atomic E-state index is 13.6. The molecule has 1 aromatic heterocycles. The van der Waals surface area contributed by atoms with Crippen molar-refractivity contribution in [3.8, 4) is 11.8 Å². The molecule has 0 saturated carbocycles. The van der Waals surface area contributed by atoms with Crippen LogP contribution in [0.2, 0.25) is 0 Å². The summed E-state index contributed by atoms with van der Waals surface area (Å²) in [6.07, 6.45) is 2.67. The number of halogens is 1. The maximum Gasteiger partial charge on any atom is 0.179 e. The predicted molar refractivity (Wildman–Crippen MR) is 141 cm³/mol. The summed E-state index contributed by atoms with van der Waals surface area (Å²) in [6, 6.07) is 14.2. The van der Waals surface area contributed by atoms with E-state index in [1.807, 2.05) is 26.0 Å². The highest BCUT2D eigenvalue weighted by Gasteiger charge is 2.25. The van der Waals surface area contributed by atoms with Gasteiger partial charge in [0.25, 0.3) is 0 Å². The molecule has 3 aromatic rings. The van der Waals surface area contributed by atoms with E-state index in [0.29, 0.717) is 37.4 Å². The Morgan fingerprint density at radius 2 is 2.06 bits per heavy atom. The van der Waals surface area contributed by atoms with Crippen molar-refractivity contribution in [2.24, 2.45) is 0 Å². The Hall–Kier alpha value is -2.93. The monoisotopic (exact) mass is 527 g/mol. The number of benzene rings is 2. The number of nitrogens with zero attached hydrogens (tertiary/aromatic N) is 2. The molecule has 0 spiro atoms. The molecule has 0 bridgehead atoms. The molecule has 2 aromatic carbocycles. The minimum atomic E-state index is -3.38. The van der Waals surface area contributed by atoms with E-state index in [1.54, 1.807) is 35.6 Å². The summed E-state index contributed by atoms with van der Waals surface area (Å²) in [5.74, 6) is 0.130. The molecule has 0 fully saturated rings. The van der Waals surface area contributed by atoms with Crippen LogP contribution < -0.4 is 10.1 Å². The largest absolute Gasteiger partial charge is 0.493 e. The first-order valence-corrected chi connectivity index (χ1v) is 14.6. The van der Waals surface area contributed by atoms with Crippen LogP contribution in [0.5, 0.6) is 5.75 Å². The quantitative estimate of drug-likeness (QED) is 0.414. The first-order valence-electron chi connectivity index (χ1n) is 11.9. The number of ether oxygens (including phenoxy) is 1. The van der Waals surface area contributed by atoms with E-state index in [0.717, 1.165) is 34.7 Å². The summed E-state index contributed by atoms with van der Waals surface area (Å²) >= 11 is 1.63. The Kier molecular flexibility index (Phi) is 7.98. The molecule has 0 amide bonds. The Bertz CT molecular complexity index is 1400. The highest BCUT2D eigenvalue weighted by molar-refractivity contribution is 7.90. The van der Waals surface area contributed by atoms with Crippen molar-refractivity contribution >= 4 is 26.2 Å². The molecule has 4 rings (SSSR count). The van der Waals surface area contributed by atoms with E-state index in [4.69, 9.17) is 4.74 Å². The lowest BCUT2D eigenvalue weighted by Crippen LogP contribution is -2.29. The van der Waals surface area contributed by atoms with Gasteiger partial charge in [-0.15, -0.1) is 11.3 Å². The first-order chi connectivity index (χ1) is 17.2. The minimum Gasteiger partial charge on any atom is -0.493 e. The van der Waals surface area contributed by atoms with Gasteiger partial charge in [-0.2, -0.15) is 5.26 Å². The van der Waals surface area contributed by atoms with Crippen LogP contribution in [0, 0.1) is 17.1 Å². The van der Waals surface area contributed by atoms with E-state index >= 15 is 0 Å². The van der Waals surface area contributed by atoms with Crippen molar-refractivity contribution in [3.63, 3.8) is 0 Å². The van der Waals surface area contributed by atoms with Crippen molar-refractivity contribution in [1.82, 2.24) is 4.90 Å². The summed E-state index contributed by atoms with van der Waals surface area (Å²) < 4.78 is 43.3. The van der Waals surface area contributed by atoms with E-state index in [2.05, 4.69) is 16.3 Å². The third-order valence-corrected chi connectivity index (χ3v) is 8.52. The molecule has 0 radical (unpaired) electrons. The molecule has 9 heteroatoms. The smallest absolute Gasteiger partial charge is 0.179 e. The van der Waals surface area contributed by atoms with Gasteiger partial charge in [0.05, 0.1) is 12.2 Å². The van der Waals surface area contributed by atoms with Crippen molar-refractivity contribution in [2.75, 3.05) is 24.7 Å². The van der Waals surface area contributed by atoms with E-state index in [9.17, 15) is 18.1 Å². The summed E-state index contributed by atoms with van der Waals surface area (Å²) in [4.78, 5) is 3.65. The van der Waals surface area contributed by atoms with Crippen LogP contribution in [0.15, 0.2) is 47.4 Å². The van der Waals surface area contributed by atoms with Crippen molar-refractivity contribution in [2.45, 2.75) is 50.7 Å². The summed E-state index contributed by atoms with van der Waals surface area (Å²) in [6.45, 7) is 6.40. The molecule has 6 nitrogen and oxygen atoms in total. The Morgan fingerprint density at radius 3 is 2.75 bits per heavy atom. The third-order valence-electron chi connectivity index (χ3n) is 6.16. The van der Waals surface area contributed by atoms with Gasteiger partial charge < -0.3 is 10.1 Å². The second-order valence-electron chi connectivity index (χ2n) is 9.15. The number of sulfone groups is 1. The van der Waals surface area contributed by atoms with Gasteiger partial charge in [-0.05, 0) is 62.1 Å². The average Bonchev–Trinajstić information content (AvgIpc) is 3.14. The highest BCUT2D eigenvalue weighted by Crippen LogP contribution is 2.37. The number of rotatable bonds is 9. The Labute approximate surface area is 216 Å². The number of hydrogen-bond donors (Lipinski definition) is 1. The number of hydrogen-bond acceptors (Lipinski definition) is 7. The van der Waals surface area contributed by atoms with Gasteiger partial charge >= 0.3 is 0 Å². The molecule has 1 aliphatic heterocycles. The molecule has 1 aliphatic rings. The average molecular weight is 528 g/mol. The van der Waals surface area contributed by atoms with Crippen molar-refractivity contribution in [3.05, 3.63) is 75.4 Å². The van der Waals surface area contributed by atoms with Crippen LogP contribution in [0.4, 0.5) is 9.39 Å². The molecule has 36 heavy (non-hydrogen) atoms. The van der Waals surface area contributed by atoms with Crippen LogP contribution in [-0.2, 0) is 35.8 Å². The molecule has 0 saturated heterocycles. The third kappa shape index (κ3) is 6.06. The van der Waals surface area contributed by atoms with E-state index in [1.165, 1.54) is 17.2 Å². The molecule has 1 unspecified atom stereocenters. The van der Waals surface area contributed by atoms with Gasteiger partial charge in [-0.1, -0.05) is 18.2 Å². The summed E-state index contributed by atoms with van der Waals surface area (Å²) in [5.41, 5.74) is 3.60. The summed E-state index contributed by atoms with van der Waals surface area (Å²) in [7, 11) is -3.38. The number of fused-ring (bicyclic) bond motifs is 1. The van der Waals surface area contributed by atoms with Crippen LogP contribution in [0.25, 0.3) is 0 Å². The lowest BCUT2D eigenvalue weighted by atomic mass is 10.0. The van der Waals surface area contributed by atoms with Crippen molar-refractivity contribution < 1.29 is 17.5 Å². The van der Waals surface area contributed by atoms with Gasteiger partial charge in [0.15, 0.2) is 9.84 Å². The van der Waals surface area contributed by atoms with Crippen LogP contribution in [-0.4, -0.2) is 38.8 Å². The van der Waals surface area contributed by atoms with Crippen LogP contribution in [0.1, 0.15) is 41.0 Å². The van der Waals surface area contributed by atoms with Gasteiger partial charge in [0.2, 0.25) is 0 Å². The summed E-state index contributed by atoms with van der Waals surface area (Å²) in [5, 5.41) is 14.3. The predicted octanol–water partition coefficient (Wildman–Crippen LogP) is 5.16.